The molecule has 0 bridgehead atoms. The Morgan fingerprint density at radius 2 is 1.97 bits per heavy atom. The Morgan fingerprint density at radius 3 is 2.73 bits per heavy atom. The van der Waals surface area contributed by atoms with Crippen molar-refractivity contribution in [2.45, 2.75) is 77.3 Å². The van der Waals surface area contributed by atoms with Crippen LogP contribution in [0.1, 0.15) is 65.2 Å². The molecule has 3 rings (SSSR count). The summed E-state index contributed by atoms with van der Waals surface area (Å²) in [6.45, 7) is 7.07. The molecule has 1 fully saturated rings. The highest BCUT2D eigenvalue weighted by Gasteiger charge is 2.25. The zero-order valence-electron chi connectivity index (χ0n) is 18.6. The molecule has 0 saturated heterocycles. The Balaban J connectivity index is 1.42. The summed E-state index contributed by atoms with van der Waals surface area (Å²) < 4.78 is 5.61. The van der Waals surface area contributed by atoms with E-state index in [4.69, 9.17) is 4.74 Å². The number of para-hydroxylation sites is 2. The van der Waals surface area contributed by atoms with Crippen molar-refractivity contribution in [1.29, 1.82) is 0 Å². The molecule has 0 aromatic heterocycles. The Bertz CT molecular complexity index is 703. The predicted octanol–water partition coefficient (Wildman–Crippen LogP) is 3.74. The van der Waals surface area contributed by atoms with Crippen LogP contribution in [-0.4, -0.2) is 55.0 Å². The summed E-state index contributed by atoms with van der Waals surface area (Å²) in [4.78, 5) is 29.3. The number of hydrogen-bond donors (Lipinski definition) is 1. The van der Waals surface area contributed by atoms with Gasteiger partial charge in [0.15, 0.2) is 0 Å². The zero-order chi connectivity index (χ0) is 21.3. The van der Waals surface area contributed by atoms with E-state index in [1.165, 1.54) is 32.1 Å². The van der Waals surface area contributed by atoms with Crippen molar-refractivity contribution < 1.29 is 14.3 Å². The van der Waals surface area contributed by atoms with Crippen molar-refractivity contribution in [2.75, 3.05) is 31.1 Å². The third-order valence-electron chi connectivity index (χ3n) is 6.49. The standard InChI is InChI=1S/C24H37N3O3/c1-3-19(2)26(20-9-5-4-6-10-20)16-15-25-23(28)13-14-24(29)27-17-18-30-22-12-8-7-11-21(22)27/h7-8,11-12,19-20H,3-6,9-10,13-18H2,1-2H3,(H,25,28)/t19-/m0/s1. The molecule has 1 saturated carbocycles. The van der Waals surface area contributed by atoms with Gasteiger partial charge in [-0.25, -0.2) is 0 Å². The highest BCUT2D eigenvalue weighted by Crippen LogP contribution is 2.31. The molecule has 30 heavy (non-hydrogen) atoms. The summed E-state index contributed by atoms with van der Waals surface area (Å²) in [7, 11) is 0. The van der Waals surface area contributed by atoms with Crippen molar-refractivity contribution in [3.8, 4) is 5.75 Å². The predicted molar refractivity (Wildman–Crippen MR) is 120 cm³/mol. The molecule has 0 spiro atoms. The molecule has 166 valence electrons. The first-order chi connectivity index (χ1) is 14.6. The van der Waals surface area contributed by atoms with Gasteiger partial charge in [0, 0.05) is 38.0 Å². The van der Waals surface area contributed by atoms with Gasteiger partial charge in [-0.1, -0.05) is 38.3 Å². The molecule has 0 radical (unpaired) electrons. The molecule has 0 unspecified atom stereocenters. The summed E-state index contributed by atoms with van der Waals surface area (Å²) >= 11 is 0. The van der Waals surface area contributed by atoms with Gasteiger partial charge >= 0.3 is 0 Å². The summed E-state index contributed by atoms with van der Waals surface area (Å²) in [6.07, 6.45) is 8.10. The number of carbonyl (C=O) groups excluding carboxylic acids is 2. The number of nitrogens with zero attached hydrogens (tertiary/aromatic N) is 2. The number of anilines is 1. The quantitative estimate of drug-likeness (QED) is 0.667. The number of ether oxygens (including phenoxy) is 1. The lowest BCUT2D eigenvalue weighted by atomic mass is 9.93. The fourth-order valence-corrected chi connectivity index (χ4v) is 4.61. The van der Waals surface area contributed by atoms with Crippen molar-refractivity contribution in [2.24, 2.45) is 0 Å². The van der Waals surface area contributed by atoms with Crippen LogP contribution in [0.25, 0.3) is 0 Å². The number of benzene rings is 1. The zero-order valence-corrected chi connectivity index (χ0v) is 18.6. The second-order valence-corrected chi connectivity index (χ2v) is 8.50. The van der Waals surface area contributed by atoms with E-state index < -0.39 is 0 Å². The molecule has 1 aliphatic heterocycles. The fraction of sp³-hybridized carbons (Fsp3) is 0.667. The Hall–Kier alpha value is -2.08. The molecule has 1 atom stereocenters. The average Bonchev–Trinajstić information content (AvgIpc) is 2.80. The topological polar surface area (TPSA) is 61.9 Å². The number of hydrogen-bond acceptors (Lipinski definition) is 4. The molecule has 2 aliphatic rings. The maximum Gasteiger partial charge on any atom is 0.227 e. The van der Waals surface area contributed by atoms with Crippen molar-refractivity contribution in [3.05, 3.63) is 24.3 Å². The van der Waals surface area contributed by atoms with Gasteiger partial charge in [0.25, 0.3) is 0 Å². The van der Waals surface area contributed by atoms with Gasteiger partial charge in [-0.15, -0.1) is 0 Å². The first-order valence-electron chi connectivity index (χ1n) is 11.6. The first-order valence-corrected chi connectivity index (χ1v) is 11.6. The summed E-state index contributed by atoms with van der Waals surface area (Å²) in [5.74, 6) is 0.663. The van der Waals surface area contributed by atoms with E-state index in [2.05, 4.69) is 24.1 Å². The van der Waals surface area contributed by atoms with E-state index in [1.54, 1.807) is 4.90 Å². The average molecular weight is 416 g/mol. The maximum atomic E-state index is 12.7. The van der Waals surface area contributed by atoms with Gasteiger partial charge in [0.2, 0.25) is 11.8 Å². The molecule has 6 nitrogen and oxygen atoms in total. The van der Waals surface area contributed by atoms with Crippen molar-refractivity contribution >= 4 is 17.5 Å². The minimum Gasteiger partial charge on any atom is -0.490 e. The molecule has 1 aromatic carbocycles. The van der Waals surface area contributed by atoms with Gasteiger partial charge in [-0.2, -0.15) is 0 Å². The van der Waals surface area contributed by atoms with Crippen LogP contribution in [-0.2, 0) is 9.59 Å². The fourth-order valence-electron chi connectivity index (χ4n) is 4.61. The van der Waals surface area contributed by atoms with Gasteiger partial charge in [0.1, 0.15) is 12.4 Å². The van der Waals surface area contributed by atoms with E-state index in [9.17, 15) is 9.59 Å². The molecule has 1 N–H and O–H groups in total. The second kappa shape index (κ2) is 11.3. The Kier molecular flexibility index (Phi) is 8.55. The van der Waals surface area contributed by atoms with E-state index in [0.29, 0.717) is 31.8 Å². The number of amides is 2. The minimum atomic E-state index is -0.0439. The van der Waals surface area contributed by atoms with Crippen LogP contribution in [0, 0.1) is 0 Å². The van der Waals surface area contributed by atoms with Crippen LogP contribution in [0.3, 0.4) is 0 Å². The van der Waals surface area contributed by atoms with Crippen LogP contribution >= 0.6 is 0 Å². The molecular weight excluding hydrogens is 378 g/mol. The Morgan fingerprint density at radius 1 is 1.20 bits per heavy atom. The lowest BCUT2D eigenvalue weighted by Crippen LogP contribution is -2.46. The van der Waals surface area contributed by atoms with Gasteiger partial charge in [-0.3, -0.25) is 14.5 Å². The summed E-state index contributed by atoms with van der Waals surface area (Å²) in [6, 6.07) is 8.74. The van der Waals surface area contributed by atoms with Crippen LogP contribution < -0.4 is 15.0 Å². The van der Waals surface area contributed by atoms with Crippen LogP contribution in [0.2, 0.25) is 0 Å². The SMILES string of the molecule is CC[C@H](C)N(CCNC(=O)CCC(=O)N1CCOc2ccccc21)C1CCCCC1. The third kappa shape index (κ3) is 5.97. The van der Waals surface area contributed by atoms with Crippen LogP contribution in [0.4, 0.5) is 5.69 Å². The highest BCUT2D eigenvalue weighted by atomic mass is 16.5. The van der Waals surface area contributed by atoms with E-state index in [-0.39, 0.29) is 24.7 Å². The highest BCUT2D eigenvalue weighted by molar-refractivity contribution is 5.97. The number of nitrogens with one attached hydrogen (secondary N) is 1. The maximum absolute atomic E-state index is 12.7. The van der Waals surface area contributed by atoms with Crippen LogP contribution in [0.15, 0.2) is 24.3 Å². The Labute approximate surface area is 180 Å². The normalized spacial score (nSPS) is 17.9. The second-order valence-electron chi connectivity index (χ2n) is 8.50. The number of fused-ring (bicyclic) bond motifs is 1. The van der Waals surface area contributed by atoms with E-state index in [1.807, 2.05) is 24.3 Å². The van der Waals surface area contributed by atoms with Gasteiger partial charge < -0.3 is 15.0 Å². The van der Waals surface area contributed by atoms with E-state index >= 15 is 0 Å². The van der Waals surface area contributed by atoms with Crippen molar-refractivity contribution in [3.63, 3.8) is 0 Å². The van der Waals surface area contributed by atoms with Crippen LogP contribution in [0.5, 0.6) is 5.75 Å². The lowest BCUT2D eigenvalue weighted by molar-refractivity contribution is -0.125. The summed E-state index contributed by atoms with van der Waals surface area (Å²) in [5, 5.41) is 3.03. The van der Waals surface area contributed by atoms with Gasteiger partial charge in [-0.05, 0) is 38.3 Å². The largest absolute Gasteiger partial charge is 0.490 e. The minimum absolute atomic E-state index is 0.0238. The number of rotatable bonds is 9. The monoisotopic (exact) mass is 415 g/mol. The molecule has 1 aliphatic carbocycles. The number of carbonyl (C=O) groups is 2. The van der Waals surface area contributed by atoms with Crippen molar-refractivity contribution in [1.82, 2.24) is 10.2 Å². The van der Waals surface area contributed by atoms with Gasteiger partial charge in [0.05, 0.1) is 12.2 Å². The smallest absolute Gasteiger partial charge is 0.227 e. The molecule has 6 heteroatoms. The first kappa shape index (κ1) is 22.6. The third-order valence-corrected chi connectivity index (χ3v) is 6.49. The molecule has 2 amide bonds. The lowest BCUT2D eigenvalue weighted by Gasteiger charge is -2.38. The molecule has 1 heterocycles. The molecular formula is C24H37N3O3. The summed E-state index contributed by atoms with van der Waals surface area (Å²) in [5.41, 5.74) is 0.797. The van der Waals surface area contributed by atoms with E-state index in [0.717, 1.165) is 24.4 Å². The molecule has 1 aromatic rings.